The van der Waals surface area contributed by atoms with Gasteiger partial charge in [0.15, 0.2) is 0 Å². The first-order valence-corrected chi connectivity index (χ1v) is 3.76. The monoisotopic (exact) mass is 142 g/mol. The van der Waals surface area contributed by atoms with Crippen molar-refractivity contribution in [2.24, 2.45) is 0 Å². The highest BCUT2D eigenvalue weighted by Gasteiger charge is 2.19. The van der Waals surface area contributed by atoms with Crippen LogP contribution in [0, 0.1) is 0 Å². The van der Waals surface area contributed by atoms with E-state index >= 15 is 0 Å². The Morgan fingerprint density at radius 3 is 2.70 bits per heavy atom. The number of carbonyl (C=O) groups is 1. The van der Waals surface area contributed by atoms with Gasteiger partial charge in [-0.15, -0.1) is 0 Å². The minimum absolute atomic E-state index is 0.230. The molecule has 1 saturated heterocycles. The van der Waals surface area contributed by atoms with Crippen LogP contribution >= 0.6 is 0 Å². The van der Waals surface area contributed by atoms with E-state index in [1.165, 1.54) is 0 Å². The third-order valence-corrected chi connectivity index (χ3v) is 1.49. The number of nitrogens with zero attached hydrogens (tertiary/aromatic N) is 1. The Balaban J connectivity index is 2.33. The summed E-state index contributed by atoms with van der Waals surface area (Å²) in [5.74, 6) is 0.230. The Labute approximate surface area is 61.4 Å². The van der Waals surface area contributed by atoms with Gasteiger partial charge in [-0.25, -0.2) is 5.43 Å². The first-order chi connectivity index (χ1) is 4.70. The molecule has 0 unspecified atom stereocenters. The van der Waals surface area contributed by atoms with Crippen LogP contribution in [0.3, 0.4) is 0 Å². The number of hydrogen-bond donors (Lipinski definition) is 1. The highest BCUT2D eigenvalue weighted by atomic mass is 16.2. The van der Waals surface area contributed by atoms with Crippen LogP contribution in [0.2, 0.25) is 0 Å². The lowest BCUT2D eigenvalue weighted by molar-refractivity contribution is -0.130. The van der Waals surface area contributed by atoms with Crippen molar-refractivity contribution in [3.63, 3.8) is 0 Å². The summed E-state index contributed by atoms with van der Waals surface area (Å²) < 4.78 is 0. The molecule has 3 heteroatoms. The average Bonchev–Trinajstić information content (AvgIpc) is 2.15. The highest BCUT2D eigenvalue weighted by molar-refractivity contribution is 5.77. The van der Waals surface area contributed by atoms with E-state index in [4.69, 9.17) is 0 Å². The van der Waals surface area contributed by atoms with E-state index in [0.717, 1.165) is 13.0 Å². The molecule has 0 bridgehead atoms. The van der Waals surface area contributed by atoms with Crippen LogP contribution in [-0.4, -0.2) is 23.5 Å². The molecule has 0 aromatic carbocycles. The van der Waals surface area contributed by atoms with Crippen LogP contribution in [0.1, 0.15) is 26.7 Å². The van der Waals surface area contributed by atoms with E-state index in [0.29, 0.717) is 12.5 Å². The molecular formula is C7H14N2O. The minimum Gasteiger partial charge on any atom is -0.278 e. The number of amides is 1. The molecule has 10 heavy (non-hydrogen) atoms. The maximum Gasteiger partial charge on any atom is 0.236 e. The fourth-order valence-corrected chi connectivity index (χ4v) is 1.10. The average molecular weight is 142 g/mol. The van der Waals surface area contributed by atoms with Crippen LogP contribution in [0.4, 0.5) is 0 Å². The first-order valence-electron chi connectivity index (χ1n) is 3.76. The summed E-state index contributed by atoms with van der Waals surface area (Å²) in [7, 11) is 0. The largest absolute Gasteiger partial charge is 0.278 e. The fourth-order valence-electron chi connectivity index (χ4n) is 1.10. The zero-order valence-electron chi connectivity index (χ0n) is 6.55. The topological polar surface area (TPSA) is 32.3 Å². The number of rotatable bonds is 2. The molecule has 0 radical (unpaired) electrons. The summed E-state index contributed by atoms with van der Waals surface area (Å²) in [4.78, 5) is 11.0. The Hall–Kier alpha value is -0.570. The maximum atomic E-state index is 11.0. The Kier molecular flexibility index (Phi) is 2.27. The van der Waals surface area contributed by atoms with Gasteiger partial charge in [0.2, 0.25) is 5.91 Å². The van der Waals surface area contributed by atoms with Gasteiger partial charge in [0, 0.05) is 19.0 Å². The quantitative estimate of drug-likeness (QED) is 0.609. The molecule has 1 aliphatic heterocycles. The predicted molar refractivity (Wildman–Crippen MR) is 39.2 cm³/mol. The fraction of sp³-hybridized carbons (Fsp3) is 0.857. The van der Waals surface area contributed by atoms with Gasteiger partial charge in [-0.1, -0.05) is 0 Å². The summed E-state index contributed by atoms with van der Waals surface area (Å²) in [6, 6.07) is 0.363. The van der Waals surface area contributed by atoms with Gasteiger partial charge < -0.3 is 0 Å². The molecule has 3 nitrogen and oxygen atoms in total. The molecule has 1 aliphatic rings. The van der Waals surface area contributed by atoms with E-state index in [2.05, 4.69) is 5.43 Å². The summed E-state index contributed by atoms with van der Waals surface area (Å²) in [6.45, 7) is 4.94. The summed E-state index contributed by atoms with van der Waals surface area (Å²) >= 11 is 0. The third kappa shape index (κ3) is 1.70. The van der Waals surface area contributed by atoms with Gasteiger partial charge in [-0.05, 0) is 20.3 Å². The van der Waals surface area contributed by atoms with Crippen molar-refractivity contribution in [3.8, 4) is 0 Å². The van der Waals surface area contributed by atoms with Crippen molar-refractivity contribution >= 4 is 5.91 Å². The molecule has 0 aromatic rings. The normalized spacial score (nSPS) is 19.1. The molecule has 0 aliphatic carbocycles. The zero-order chi connectivity index (χ0) is 7.56. The van der Waals surface area contributed by atoms with Gasteiger partial charge in [0.25, 0.3) is 0 Å². The molecular weight excluding hydrogens is 128 g/mol. The van der Waals surface area contributed by atoms with Gasteiger partial charge in [-0.3, -0.25) is 9.80 Å². The second-order valence-corrected chi connectivity index (χ2v) is 2.93. The molecule has 58 valence electrons. The predicted octanol–water partition coefficient (Wildman–Crippen LogP) is 0.522. The zero-order valence-corrected chi connectivity index (χ0v) is 6.55. The van der Waals surface area contributed by atoms with Gasteiger partial charge >= 0.3 is 0 Å². The standard InChI is InChI=1S/C7H14N2O/c1-6(2)8-9-5-3-4-7(9)10/h6,8H,3-5H2,1-2H3. The van der Waals surface area contributed by atoms with E-state index in [1.54, 1.807) is 5.01 Å². The van der Waals surface area contributed by atoms with Crippen molar-refractivity contribution in [2.75, 3.05) is 6.54 Å². The molecule has 1 amide bonds. The molecule has 0 spiro atoms. The molecule has 1 N–H and O–H groups in total. The number of hydrogen-bond acceptors (Lipinski definition) is 2. The van der Waals surface area contributed by atoms with E-state index < -0.39 is 0 Å². The SMILES string of the molecule is CC(C)NN1CCCC1=O. The van der Waals surface area contributed by atoms with Crippen LogP contribution in [0.25, 0.3) is 0 Å². The Morgan fingerprint density at radius 2 is 2.30 bits per heavy atom. The number of hydrazine groups is 1. The lowest BCUT2D eigenvalue weighted by Crippen LogP contribution is -2.42. The van der Waals surface area contributed by atoms with Crippen LogP contribution in [0.15, 0.2) is 0 Å². The van der Waals surface area contributed by atoms with Crippen LogP contribution in [-0.2, 0) is 4.79 Å². The summed E-state index contributed by atoms with van der Waals surface area (Å²) in [5.41, 5.74) is 3.08. The van der Waals surface area contributed by atoms with Crippen molar-refractivity contribution in [1.82, 2.24) is 10.4 Å². The molecule has 1 fully saturated rings. The Bertz CT molecular complexity index is 134. The smallest absolute Gasteiger partial charge is 0.236 e. The molecule has 0 saturated carbocycles. The first kappa shape index (κ1) is 7.54. The van der Waals surface area contributed by atoms with E-state index in [1.807, 2.05) is 13.8 Å². The van der Waals surface area contributed by atoms with Crippen molar-refractivity contribution in [1.29, 1.82) is 0 Å². The van der Waals surface area contributed by atoms with Crippen LogP contribution < -0.4 is 5.43 Å². The van der Waals surface area contributed by atoms with Crippen molar-refractivity contribution in [2.45, 2.75) is 32.7 Å². The van der Waals surface area contributed by atoms with Gasteiger partial charge in [0.1, 0.15) is 0 Å². The van der Waals surface area contributed by atoms with Gasteiger partial charge in [0.05, 0.1) is 0 Å². The van der Waals surface area contributed by atoms with Crippen LogP contribution in [0.5, 0.6) is 0 Å². The van der Waals surface area contributed by atoms with Crippen molar-refractivity contribution < 1.29 is 4.79 Å². The second kappa shape index (κ2) is 3.01. The molecule has 0 atom stereocenters. The molecule has 1 rings (SSSR count). The molecule has 0 aromatic heterocycles. The van der Waals surface area contributed by atoms with Gasteiger partial charge in [-0.2, -0.15) is 0 Å². The molecule has 1 heterocycles. The highest BCUT2D eigenvalue weighted by Crippen LogP contribution is 2.06. The lowest BCUT2D eigenvalue weighted by Gasteiger charge is -2.19. The van der Waals surface area contributed by atoms with Crippen molar-refractivity contribution in [3.05, 3.63) is 0 Å². The third-order valence-electron chi connectivity index (χ3n) is 1.49. The summed E-state index contributed by atoms with van der Waals surface area (Å²) in [6.07, 6.45) is 1.71. The van der Waals surface area contributed by atoms with E-state index in [9.17, 15) is 4.79 Å². The second-order valence-electron chi connectivity index (χ2n) is 2.93. The number of nitrogens with one attached hydrogen (secondary N) is 1. The number of carbonyl (C=O) groups excluding carboxylic acids is 1. The maximum absolute atomic E-state index is 11.0. The summed E-state index contributed by atoms with van der Waals surface area (Å²) in [5, 5.41) is 1.71. The minimum atomic E-state index is 0.230. The lowest BCUT2D eigenvalue weighted by atomic mass is 10.4. The van der Waals surface area contributed by atoms with E-state index in [-0.39, 0.29) is 5.91 Å². The Morgan fingerprint density at radius 1 is 1.60 bits per heavy atom.